The zero-order valence-corrected chi connectivity index (χ0v) is 25.8. The third-order valence-corrected chi connectivity index (χ3v) is 10.0. The van der Waals surface area contributed by atoms with Gasteiger partial charge in [-0.05, 0) is 104 Å². The molecule has 1 amide bonds. The van der Waals surface area contributed by atoms with Crippen molar-refractivity contribution in [2.24, 2.45) is 34.5 Å². The molecular weight excluding hydrogens is 456 g/mol. The summed E-state index contributed by atoms with van der Waals surface area (Å²) in [4.78, 5) is 14.9. The summed E-state index contributed by atoms with van der Waals surface area (Å²) in [5.74, 6) is 4.22. The normalized spacial score (nSPS) is 37.7. The Kier molecular flexibility index (Phi) is 11.4. The number of carbonyl (C=O) groups is 1. The van der Waals surface area contributed by atoms with E-state index in [-0.39, 0.29) is 5.41 Å². The molecule has 212 valence electrons. The maximum Gasteiger partial charge on any atom is 0.222 e. The van der Waals surface area contributed by atoms with Crippen LogP contribution in [-0.2, 0) is 4.79 Å². The third kappa shape index (κ3) is 5.98. The van der Waals surface area contributed by atoms with Crippen LogP contribution in [0.25, 0.3) is 0 Å². The Morgan fingerprint density at radius 1 is 0.973 bits per heavy atom. The molecule has 2 N–H and O–H groups in total. The van der Waals surface area contributed by atoms with Gasteiger partial charge in [0.15, 0.2) is 0 Å². The van der Waals surface area contributed by atoms with Crippen molar-refractivity contribution < 1.29 is 9.53 Å². The highest BCUT2D eigenvalue weighted by Crippen LogP contribution is 2.66. The number of piperidine rings is 1. The highest BCUT2D eigenvalue weighted by molar-refractivity contribution is 5.77. The van der Waals surface area contributed by atoms with Gasteiger partial charge in [-0.25, -0.2) is 0 Å². The fourth-order valence-corrected chi connectivity index (χ4v) is 8.53. The van der Waals surface area contributed by atoms with Crippen molar-refractivity contribution >= 4 is 11.6 Å². The van der Waals surface area contributed by atoms with Gasteiger partial charge in [0.1, 0.15) is 5.75 Å². The van der Waals surface area contributed by atoms with E-state index in [0.717, 1.165) is 55.0 Å². The predicted octanol–water partition coefficient (Wildman–Crippen LogP) is 8.59. The Morgan fingerprint density at radius 3 is 2.19 bits per heavy atom. The standard InChI is InChI=1S/C27H40N2O2.3C2H6/c1-5-29-23-14-17(2)25-21(27(23,4)13-11-24(29)30)10-12-26(3)16-20(15-22(25)26)31-19-8-6-18(28)7-9-19;3*1-2/h6-9,17,20-23,25H,5,10-16,28H2,1-4H3;3*1-2H3/t17?,20-,21?,22?,23?,25?,26+,27+;;;/m0.../s1. The first-order valence-electron chi connectivity index (χ1n) is 15.6. The van der Waals surface area contributed by atoms with E-state index in [1.54, 1.807) is 0 Å². The van der Waals surface area contributed by atoms with Crippen LogP contribution in [0.2, 0.25) is 0 Å². The quantitative estimate of drug-likeness (QED) is 0.411. The van der Waals surface area contributed by atoms with Crippen LogP contribution >= 0.6 is 0 Å². The molecule has 1 heterocycles. The zero-order chi connectivity index (χ0) is 28.0. The highest BCUT2D eigenvalue weighted by atomic mass is 16.5. The van der Waals surface area contributed by atoms with Gasteiger partial charge in [-0.2, -0.15) is 0 Å². The monoisotopic (exact) mass is 514 g/mol. The minimum absolute atomic E-state index is 0.276. The number of anilines is 1. The van der Waals surface area contributed by atoms with E-state index in [1.807, 2.05) is 65.8 Å². The fraction of sp³-hybridized carbons (Fsp3) is 0.788. The lowest BCUT2D eigenvalue weighted by atomic mass is 9.45. The molecule has 5 unspecified atom stereocenters. The second kappa shape index (κ2) is 13.4. The van der Waals surface area contributed by atoms with E-state index in [4.69, 9.17) is 10.5 Å². The molecule has 37 heavy (non-hydrogen) atoms. The van der Waals surface area contributed by atoms with Crippen molar-refractivity contribution in [2.75, 3.05) is 12.3 Å². The zero-order valence-electron chi connectivity index (χ0n) is 25.8. The molecule has 4 heteroatoms. The Balaban J connectivity index is 0.000000750. The molecule has 1 aromatic carbocycles. The predicted molar refractivity (Wildman–Crippen MR) is 159 cm³/mol. The average molecular weight is 515 g/mol. The first-order valence-corrected chi connectivity index (χ1v) is 15.6. The van der Waals surface area contributed by atoms with E-state index in [0.29, 0.717) is 29.4 Å². The molecule has 3 saturated carbocycles. The smallest absolute Gasteiger partial charge is 0.222 e. The minimum Gasteiger partial charge on any atom is -0.490 e. The van der Waals surface area contributed by atoms with Crippen molar-refractivity contribution in [1.29, 1.82) is 0 Å². The van der Waals surface area contributed by atoms with Gasteiger partial charge in [0.25, 0.3) is 0 Å². The molecule has 1 aliphatic heterocycles. The van der Waals surface area contributed by atoms with Crippen molar-refractivity contribution in [2.45, 2.75) is 126 Å². The molecule has 3 aliphatic carbocycles. The van der Waals surface area contributed by atoms with Crippen molar-refractivity contribution in [1.82, 2.24) is 4.90 Å². The first kappa shape index (κ1) is 31.5. The number of amides is 1. The van der Waals surface area contributed by atoms with Gasteiger partial charge in [0, 0.05) is 24.7 Å². The van der Waals surface area contributed by atoms with Crippen LogP contribution in [0.4, 0.5) is 5.69 Å². The summed E-state index contributed by atoms with van der Waals surface area (Å²) in [6.07, 6.45) is 8.24. The number of likely N-dealkylation sites (tertiary alicyclic amines) is 1. The van der Waals surface area contributed by atoms with Crippen molar-refractivity contribution in [3.63, 3.8) is 0 Å². The van der Waals surface area contributed by atoms with E-state index in [1.165, 1.54) is 25.7 Å². The molecule has 0 aromatic heterocycles. The fourth-order valence-electron chi connectivity index (χ4n) is 8.53. The SMILES string of the molecule is CC.CC.CC.CCN1C(=O)CC[C@]2(C)C3CC[C@]4(C)C[C@@H](Oc5ccc(N)cc5)CC4C3C(C)CC12. The average Bonchev–Trinajstić information content (AvgIpc) is 3.26. The van der Waals surface area contributed by atoms with Gasteiger partial charge in [0.2, 0.25) is 5.91 Å². The number of nitrogen functional groups attached to an aromatic ring is 1. The minimum atomic E-state index is 0.276. The maximum atomic E-state index is 12.7. The molecule has 0 radical (unpaired) electrons. The summed E-state index contributed by atoms with van der Waals surface area (Å²) in [6, 6.07) is 8.32. The lowest BCUT2D eigenvalue weighted by Gasteiger charge is -2.63. The second-order valence-electron chi connectivity index (χ2n) is 11.6. The number of carbonyl (C=O) groups excluding carboxylic acids is 1. The first-order chi connectivity index (χ1) is 17.7. The van der Waals surface area contributed by atoms with Gasteiger partial charge >= 0.3 is 0 Å². The largest absolute Gasteiger partial charge is 0.490 e. The number of nitrogens with zero attached hydrogens (tertiary/aromatic N) is 1. The number of nitrogens with two attached hydrogens (primary N) is 1. The van der Waals surface area contributed by atoms with Crippen LogP contribution in [0, 0.1) is 34.5 Å². The Morgan fingerprint density at radius 2 is 1.59 bits per heavy atom. The molecule has 4 fully saturated rings. The van der Waals surface area contributed by atoms with Gasteiger partial charge < -0.3 is 15.4 Å². The number of hydrogen-bond acceptors (Lipinski definition) is 3. The van der Waals surface area contributed by atoms with Crippen LogP contribution in [0.5, 0.6) is 5.75 Å². The summed E-state index contributed by atoms with van der Waals surface area (Å²) in [5, 5.41) is 0. The summed E-state index contributed by atoms with van der Waals surface area (Å²) in [7, 11) is 0. The Bertz CT molecular complexity index is 839. The van der Waals surface area contributed by atoms with Crippen LogP contribution in [0.1, 0.15) is 114 Å². The number of ether oxygens (including phenoxy) is 1. The third-order valence-electron chi connectivity index (χ3n) is 10.0. The Labute approximate surface area is 229 Å². The summed E-state index contributed by atoms with van der Waals surface area (Å²) in [6.45, 7) is 22.6. The number of rotatable bonds is 3. The van der Waals surface area contributed by atoms with E-state index < -0.39 is 0 Å². The maximum absolute atomic E-state index is 12.7. The molecule has 5 rings (SSSR count). The van der Waals surface area contributed by atoms with E-state index >= 15 is 0 Å². The van der Waals surface area contributed by atoms with Crippen LogP contribution in [0.3, 0.4) is 0 Å². The number of benzene rings is 1. The molecule has 4 nitrogen and oxygen atoms in total. The van der Waals surface area contributed by atoms with Crippen molar-refractivity contribution in [3.8, 4) is 5.75 Å². The summed E-state index contributed by atoms with van der Waals surface area (Å²) in [5.41, 5.74) is 7.30. The lowest BCUT2D eigenvalue weighted by Crippen LogP contribution is -2.63. The topological polar surface area (TPSA) is 55.6 Å². The van der Waals surface area contributed by atoms with Crippen molar-refractivity contribution in [3.05, 3.63) is 24.3 Å². The molecule has 1 aromatic rings. The van der Waals surface area contributed by atoms with Gasteiger partial charge in [-0.3, -0.25) is 4.79 Å². The summed E-state index contributed by atoms with van der Waals surface area (Å²) >= 11 is 0. The van der Waals surface area contributed by atoms with Gasteiger partial charge in [-0.15, -0.1) is 0 Å². The molecule has 0 bridgehead atoms. The number of hydrogen-bond donors (Lipinski definition) is 1. The van der Waals surface area contributed by atoms with E-state index in [9.17, 15) is 4.79 Å². The number of fused-ring (bicyclic) bond motifs is 5. The molecule has 4 aliphatic rings. The van der Waals surface area contributed by atoms with E-state index in [2.05, 4.69) is 32.6 Å². The molecule has 8 atom stereocenters. The highest BCUT2D eigenvalue weighted by Gasteiger charge is 2.62. The molecular formula is C33H58N2O2. The molecule has 0 spiro atoms. The Hall–Kier alpha value is -1.71. The van der Waals surface area contributed by atoms with Crippen LogP contribution in [0.15, 0.2) is 24.3 Å². The van der Waals surface area contributed by atoms with Gasteiger partial charge in [-0.1, -0.05) is 62.3 Å². The summed E-state index contributed by atoms with van der Waals surface area (Å²) < 4.78 is 6.47. The van der Waals surface area contributed by atoms with Crippen LogP contribution in [-0.4, -0.2) is 29.5 Å². The second-order valence-corrected chi connectivity index (χ2v) is 11.6. The molecule has 1 saturated heterocycles. The van der Waals surface area contributed by atoms with Crippen LogP contribution < -0.4 is 10.5 Å². The van der Waals surface area contributed by atoms with Gasteiger partial charge in [0.05, 0.1) is 6.10 Å². The lowest BCUT2D eigenvalue weighted by molar-refractivity contribution is -0.167.